The summed E-state index contributed by atoms with van der Waals surface area (Å²) in [4.78, 5) is 0. The highest BCUT2D eigenvalue weighted by Crippen LogP contribution is 2.29. The van der Waals surface area contributed by atoms with Gasteiger partial charge in [0.05, 0.1) is 12.8 Å². The molecule has 6 nitrogen and oxygen atoms in total. The largest absolute Gasteiger partial charge is 0.496 e. The maximum Gasteiger partial charge on any atom is 0.143 e. The van der Waals surface area contributed by atoms with Crippen LogP contribution in [0.1, 0.15) is 37.1 Å². The minimum absolute atomic E-state index is 0.0298. The molecule has 0 amide bonds. The van der Waals surface area contributed by atoms with Crippen LogP contribution in [0.5, 0.6) is 5.75 Å². The van der Waals surface area contributed by atoms with E-state index in [4.69, 9.17) is 4.74 Å². The first kappa shape index (κ1) is 17.0. The zero-order chi connectivity index (χ0) is 17.8. The van der Waals surface area contributed by atoms with E-state index in [9.17, 15) is 4.39 Å². The third-order valence-electron chi connectivity index (χ3n) is 4.17. The number of benzene rings is 2. The summed E-state index contributed by atoms with van der Waals surface area (Å²) in [5, 5.41) is 14.5. The van der Waals surface area contributed by atoms with Crippen molar-refractivity contribution >= 4 is 0 Å². The number of hydrogen-bond donors (Lipinski definition) is 1. The van der Waals surface area contributed by atoms with Crippen molar-refractivity contribution in [1.29, 1.82) is 0 Å². The molecule has 2 atom stereocenters. The van der Waals surface area contributed by atoms with E-state index in [1.54, 1.807) is 30.3 Å². The maximum atomic E-state index is 14.2. The number of nitrogens with one attached hydrogen (secondary N) is 1. The summed E-state index contributed by atoms with van der Waals surface area (Å²) in [6.07, 6.45) is 1.54. The normalized spacial score (nSPS) is 13.4. The first-order chi connectivity index (χ1) is 12.1. The number of halogens is 1. The highest BCUT2D eigenvalue weighted by Gasteiger charge is 2.18. The van der Waals surface area contributed by atoms with Gasteiger partial charge in [-0.25, -0.2) is 9.07 Å². The third kappa shape index (κ3) is 3.66. The van der Waals surface area contributed by atoms with Crippen molar-refractivity contribution in [2.45, 2.75) is 25.9 Å². The second-order valence-corrected chi connectivity index (χ2v) is 5.81. The van der Waals surface area contributed by atoms with Gasteiger partial charge < -0.3 is 10.1 Å². The number of nitrogens with zero attached hydrogens (tertiary/aromatic N) is 4. The Morgan fingerprint density at radius 3 is 2.48 bits per heavy atom. The van der Waals surface area contributed by atoms with E-state index in [1.807, 2.05) is 38.1 Å². The van der Waals surface area contributed by atoms with Gasteiger partial charge in [-0.05, 0) is 54.1 Å². The van der Waals surface area contributed by atoms with Crippen molar-refractivity contribution in [3.8, 4) is 11.4 Å². The van der Waals surface area contributed by atoms with Crippen molar-refractivity contribution in [3.05, 3.63) is 65.7 Å². The zero-order valence-electron chi connectivity index (χ0n) is 14.3. The molecule has 3 aromatic rings. The lowest BCUT2D eigenvalue weighted by Crippen LogP contribution is -2.23. The van der Waals surface area contributed by atoms with Gasteiger partial charge in [0, 0.05) is 17.6 Å². The number of hydrogen-bond acceptors (Lipinski definition) is 5. The van der Waals surface area contributed by atoms with Crippen LogP contribution >= 0.6 is 0 Å². The van der Waals surface area contributed by atoms with Crippen LogP contribution in [-0.2, 0) is 0 Å². The van der Waals surface area contributed by atoms with Gasteiger partial charge in [-0.1, -0.05) is 18.2 Å². The molecule has 0 saturated heterocycles. The summed E-state index contributed by atoms with van der Waals surface area (Å²) in [7, 11) is 1.55. The Kier molecular flexibility index (Phi) is 5.04. The molecule has 7 heteroatoms. The molecule has 3 rings (SSSR count). The summed E-state index contributed by atoms with van der Waals surface area (Å²) in [5.41, 5.74) is 2.49. The SMILES string of the molecule is COc1cccc(F)c1[C@H](C)N[C@H](C)c1ccc(-n2cnnn2)cc1. The first-order valence-electron chi connectivity index (χ1n) is 8.02. The Morgan fingerprint density at radius 1 is 1.08 bits per heavy atom. The summed E-state index contributed by atoms with van der Waals surface area (Å²) < 4.78 is 21.1. The monoisotopic (exact) mass is 341 g/mol. The van der Waals surface area contributed by atoms with E-state index in [0.29, 0.717) is 11.3 Å². The average Bonchev–Trinajstić information content (AvgIpc) is 3.16. The fourth-order valence-electron chi connectivity index (χ4n) is 2.87. The van der Waals surface area contributed by atoms with Crippen LogP contribution in [0.4, 0.5) is 4.39 Å². The Balaban J connectivity index is 1.75. The summed E-state index contributed by atoms with van der Waals surface area (Å²) in [6.45, 7) is 3.96. The Morgan fingerprint density at radius 2 is 1.84 bits per heavy atom. The third-order valence-corrected chi connectivity index (χ3v) is 4.17. The van der Waals surface area contributed by atoms with Crippen molar-refractivity contribution in [2.24, 2.45) is 0 Å². The Bertz CT molecular complexity index is 820. The molecule has 1 N–H and O–H groups in total. The van der Waals surface area contributed by atoms with E-state index in [0.717, 1.165) is 11.3 Å². The molecule has 0 unspecified atom stereocenters. The van der Waals surface area contributed by atoms with E-state index in [-0.39, 0.29) is 17.9 Å². The lowest BCUT2D eigenvalue weighted by atomic mass is 10.0. The minimum atomic E-state index is -0.277. The van der Waals surface area contributed by atoms with Gasteiger partial charge >= 0.3 is 0 Å². The Hall–Kier alpha value is -2.80. The van der Waals surface area contributed by atoms with Crippen LogP contribution in [0.25, 0.3) is 5.69 Å². The predicted octanol–water partition coefficient (Wildman–Crippen LogP) is 3.22. The lowest BCUT2D eigenvalue weighted by molar-refractivity contribution is 0.387. The topological polar surface area (TPSA) is 64.9 Å². The summed E-state index contributed by atoms with van der Waals surface area (Å²) in [5.74, 6) is 0.266. The molecule has 130 valence electrons. The zero-order valence-corrected chi connectivity index (χ0v) is 14.3. The van der Waals surface area contributed by atoms with E-state index in [2.05, 4.69) is 20.8 Å². The van der Waals surface area contributed by atoms with E-state index >= 15 is 0 Å². The second kappa shape index (κ2) is 7.40. The van der Waals surface area contributed by atoms with Gasteiger partial charge in [0.15, 0.2) is 0 Å². The van der Waals surface area contributed by atoms with Gasteiger partial charge in [0.2, 0.25) is 0 Å². The molecular formula is C18H20FN5O. The number of rotatable bonds is 6. The molecule has 0 aliphatic rings. The van der Waals surface area contributed by atoms with Crippen molar-refractivity contribution in [3.63, 3.8) is 0 Å². The van der Waals surface area contributed by atoms with Crippen LogP contribution in [0.2, 0.25) is 0 Å². The van der Waals surface area contributed by atoms with Crippen molar-refractivity contribution < 1.29 is 9.13 Å². The van der Waals surface area contributed by atoms with Gasteiger partial charge in [-0.15, -0.1) is 5.10 Å². The lowest BCUT2D eigenvalue weighted by Gasteiger charge is -2.23. The standard InChI is InChI=1S/C18H20FN5O/c1-12(14-7-9-15(10-8-14)24-11-20-22-23-24)21-13(2)18-16(19)5-4-6-17(18)25-3/h4-13,21H,1-3H3/t12-,13+/m1/s1. The average molecular weight is 341 g/mol. The number of methoxy groups -OCH3 is 1. The van der Waals surface area contributed by atoms with Crippen molar-refractivity contribution in [1.82, 2.24) is 25.5 Å². The molecule has 1 heterocycles. The van der Waals surface area contributed by atoms with Crippen LogP contribution < -0.4 is 10.1 Å². The van der Waals surface area contributed by atoms with Gasteiger partial charge in [0.25, 0.3) is 0 Å². The molecule has 0 radical (unpaired) electrons. The number of tetrazole rings is 1. The smallest absolute Gasteiger partial charge is 0.143 e. The molecule has 1 aromatic heterocycles. The number of ether oxygens (including phenoxy) is 1. The molecule has 25 heavy (non-hydrogen) atoms. The number of aromatic nitrogens is 4. The molecule has 0 aliphatic heterocycles. The molecule has 2 aromatic carbocycles. The minimum Gasteiger partial charge on any atom is -0.496 e. The molecular weight excluding hydrogens is 321 g/mol. The van der Waals surface area contributed by atoms with Gasteiger partial charge in [0.1, 0.15) is 17.9 Å². The maximum absolute atomic E-state index is 14.2. The highest BCUT2D eigenvalue weighted by atomic mass is 19.1. The predicted molar refractivity (Wildman–Crippen MR) is 92.1 cm³/mol. The fraction of sp³-hybridized carbons (Fsp3) is 0.278. The van der Waals surface area contributed by atoms with Crippen LogP contribution in [-0.4, -0.2) is 27.3 Å². The van der Waals surface area contributed by atoms with Crippen LogP contribution in [0, 0.1) is 5.82 Å². The first-order valence-corrected chi connectivity index (χ1v) is 8.02. The quantitative estimate of drug-likeness (QED) is 0.746. The molecule has 0 saturated carbocycles. The molecule has 0 spiro atoms. The molecule has 0 fully saturated rings. The Labute approximate surface area is 145 Å². The van der Waals surface area contributed by atoms with Crippen LogP contribution in [0.3, 0.4) is 0 Å². The van der Waals surface area contributed by atoms with E-state index < -0.39 is 0 Å². The van der Waals surface area contributed by atoms with E-state index in [1.165, 1.54) is 6.07 Å². The molecule has 0 bridgehead atoms. The van der Waals surface area contributed by atoms with Crippen molar-refractivity contribution in [2.75, 3.05) is 7.11 Å². The van der Waals surface area contributed by atoms with Crippen LogP contribution in [0.15, 0.2) is 48.8 Å². The second-order valence-electron chi connectivity index (χ2n) is 5.81. The highest BCUT2D eigenvalue weighted by molar-refractivity contribution is 5.38. The fourth-order valence-corrected chi connectivity index (χ4v) is 2.87. The summed E-state index contributed by atoms with van der Waals surface area (Å²) >= 11 is 0. The van der Waals surface area contributed by atoms with Gasteiger partial charge in [-0.2, -0.15) is 0 Å². The van der Waals surface area contributed by atoms with Gasteiger partial charge in [-0.3, -0.25) is 0 Å². The summed E-state index contributed by atoms with van der Waals surface area (Å²) in [6, 6.07) is 12.6. The molecule has 0 aliphatic carbocycles.